The molecule has 0 spiro atoms. The molecule has 164 valence electrons. The maximum Gasteiger partial charge on any atom is 0.340 e. The van der Waals surface area contributed by atoms with Crippen molar-refractivity contribution in [2.24, 2.45) is 0 Å². The Morgan fingerprint density at radius 2 is 1.84 bits per heavy atom. The van der Waals surface area contributed by atoms with E-state index in [0.717, 1.165) is 27.8 Å². The number of nitrogens with one attached hydrogen (secondary N) is 1. The summed E-state index contributed by atoms with van der Waals surface area (Å²) in [7, 11) is 1.34. The van der Waals surface area contributed by atoms with Gasteiger partial charge >= 0.3 is 5.97 Å². The van der Waals surface area contributed by atoms with Gasteiger partial charge in [0, 0.05) is 23.6 Å². The number of esters is 1. The van der Waals surface area contributed by atoms with Gasteiger partial charge in [-0.05, 0) is 29.3 Å². The first-order valence-corrected chi connectivity index (χ1v) is 10.2. The maximum atomic E-state index is 12.6. The molecule has 0 aliphatic heterocycles. The van der Waals surface area contributed by atoms with Crippen molar-refractivity contribution in [1.29, 1.82) is 0 Å². The number of amides is 1. The fourth-order valence-corrected chi connectivity index (χ4v) is 3.56. The zero-order valence-corrected chi connectivity index (χ0v) is 17.7. The molecule has 4 aromatic rings. The van der Waals surface area contributed by atoms with E-state index in [1.54, 1.807) is 17.0 Å². The SMILES string of the molecule is COC(=O)c1cn(CC(=O)NCc2cccc(COCc3ccco3)c2)c2ccccc12. The molecule has 0 fully saturated rings. The van der Waals surface area contributed by atoms with Crippen LogP contribution in [0.3, 0.4) is 0 Å². The van der Waals surface area contributed by atoms with Gasteiger partial charge in [0.1, 0.15) is 18.9 Å². The predicted molar refractivity (Wildman–Crippen MR) is 119 cm³/mol. The first kappa shape index (κ1) is 21.4. The van der Waals surface area contributed by atoms with Crippen molar-refractivity contribution in [1.82, 2.24) is 9.88 Å². The smallest absolute Gasteiger partial charge is 0.340 e. The van der Waals surface area contributed by atoms with E-state index in [-0.39, 0.29) is 12.5 Å². The van der Waals surface area contributed by atoms with Crippen LogP contribution in [0.2, 0.25) is 0 Å². The normalized spacial score (nSPS) is 10.9. The second kappa shape index (κ2) is 9.98. The van der Waals surface area contributed by atoms with Crippen LogP contribution in [0.5, 0.6) is 0 Å². The number of ether oxygens (including phenoxy) is 2. The van der Waals surface area contributed by atoms with Crippen molar-refractivity contribution < 1.29 is 23.5 Å². The van der Waals surface area contributed by atoms with E-state index in [1.165, 1.54) is 7.11 Å². The van der Waals surface area contributed by atoms with Crippen molar-refractivity contribution >= 4 is 22.8 Å². The van der Waals surface area contributed by atoms with Crippen LogP contribution in [0.1, 0.15) is 27.2 Å². The van der Waals surface area contributed by atoms with E-state index in [4.69, 9.17) is 13.9 Å². The number of carbonyl (C=O) groups is 2. The molecule has 0 aliphatic carbocycles. The Morgan fingerprint density at radius 1 is 1.00 bits per heavy atom. The summed E-state index contributed by atoms with van der Waals surface area (Å²) in [5, 5.41) is 3.70. The van der Waals surface area contributed by atoms with E-state index in [9.17, 15) is 9.59 Å². The molecule has 0 saturated carbocycles. The Bertz CT molecular complexity index is 1210. The first-order valence-electron chi connectivity index (χ1n) is 10.2. The molecule has 0 aliphatic rings. The number of aromatic nitrogens is 1. The minimum atomic E-state index is -0.425. The van der Waals surface area contributed by atoms with Gasteiger partial charge in [-0.3, -0.25) is 4.79 Å². The average Bonchev–Trinajstić information content (AvgIpc) is 3.46. The van der Waals surface area contributed by atoms with Crippen molar-refractivity contribution in [2.75, 3.05) is 7.11 Å². The van der Waals surface area contributed by atoms with E-state index in [2.05, 4.69) is 5.32 Å². The standard InChI is InChI=1S/C25H24N2O5/c1-30-25(29)22-14-27(23-10-3-2-9-21(22)23)15-24(28)26-13-18-6-4-7-19(12-18)16-31-17-20-8-5-11-32-20/h2-12,14H,13,15-17H2,1H3,(H,26,28). The second-order valence-electron chi connectivity index (χ2n) is 7.35. The summed E-state index contributed by atoms with van der Waals surface area (Å²) in [6, 6.07) is 19.0. The van der Waals surface area contributed by atoms with Crippen LogP contribution in [-0.4, -0.2) is 23.6 Å². The van der Waals surface area contributed by atoms with Gasteiger partial charge in [0.25, 0.3) is 0 Å². The fraction of sp³-hybridized carbons (Fsp3) is 0.200. The topological polar surface area (TPSA) is 82.7 Å². The molecular weight excluding hydrogens is 408 g/mol. The Morgan fingerprint density at radius 3 is 2.66 bits per heavy atom. The van der Waals surface area contributed by atoms with E-state index < -0.39 is 5.97 Å². The lowest BCUT2D eigenvalue weighted by molar-refractivity contribution is -0.121. The van der Waals surface area contributed by atoms with Gasteiger partial charge in [-0.15, -0.1) is 0 Å². The van der Waals surface area contributed by atoms with Crippen molar-refractivity contribution in [3.63, 3.8) is 0 Å². The Hall–Kier alpha value is -3.84. The monoisotopic (exact) mass is 432 g/mol. The summed E-state index contributed by atoms with van der Waals surface area (Å²) in [6.45, 7) is 1.36. The highest BCUT2D eigenvalue weighted by Gasteiger charge is 2.16. The summed E-state index contributed by atoms with van der Waals surface area (Å²) in [6.07, 6.45) is 3.28. The minimum absolute atomic E-state index is 0.101. The van der Waals surface area contributed by atoms with Crippen molar-refractivity contribution in [2.45, 2.75) is 26.3 Å². The average molecular weight is 432 g/mol. The van der Waals surface area contributed by atoms with Crippen LogP contribution in [0.25, 0.3) is 10.9 Å². The number of carbonyl (C=O) groups excluding carboxylic acids is 2. The largest absolute Gasteiger partial charge is 0.467 e. The minimum Gasteiger partial charge on any atom is -0.467 e. The van der Waals surface area contributed by atoms with Crippen LogP contribution in [-0.2, 0) is 40.6 Å². The number of methoxy groups -OCH3 is 1. The molecule has 7 nitrogen and oxygen atoms in total. The number of benzene rings is 2. The molecule has 0 atom stereocenters. The fourth-order valence-electron chi connectivity index (χ4n) is 3.56. The zero-order valence-electron chi connectivity index (χ0n) is 17.7. The quantitative estimate of drug-likeness (QED) is 0.404. The van der Waals surface area contributed by atoms with Gasteiger partial charge in [0.15, 0.2) is 0 Å². The third-order valence-electron chi connectivity index (χ3n) is 5.08. The number of hydrogen-bond acceptors (Lipinski definition) is 5. The lowest BCUT2D eigenvalue weighted by Crippen LogP contribution is -2.26. The highest BCUT2D eigenvalue weighted by atomic mass is 16.5. The third kappa shape index (κ3) is 5.07. The summed E-state index contributed by atoms with van der Waals surface area (Å²) in [4.78, 5) is 24.6. The van der Waals surface area contributed by atoms with Gasteiger partial charge in [-0.1, -0.05) is 42.5 Å². The van der Waals surface area contributed by atoms with Crippen molar-refractivity contribution in [3.8, 4) is 0 Å². The zero-order chi connectivity index (χ0) is 22.3. The number of furan rings is 1. The van der Waals surface area contributed by atoms with Gasteiger partial charge in [-0.2, -0.15) is 0 Å². The molecule has 2 aromatic heterocycles. The Labute approximate surface area is 185 Å². The molecule has 0 radical (unpaired) electrons. The Balaban J connectivity index is 1.35. The molecule has 1 N–H and O–H groups in total. The number of nitrogens with zero attached hydrogens (tertiary/aromatic N) is 1. The van der Waals surface area contributed by atoms with Crippen LogP contribution in [0.4, 0.5) is 0 Å². The van der Waals surface area contributed by atoms with Gasteiger partial charge in [0.2, 0.25) is 5.91 Å². The molecule has 2 heterocycles. The second-order valence-corrected chi connectivity index (χ2v) is 7.35. The molecule has 0 saturated heterocycles. The molecule has 32 heavy (non-hydrogen) atoms. The first-order chi connectivity index (χ1) is 15.6. The van der Waals surface area contributed by atoms with Gasteiger partial charge in [-0.25, -0.2) is 4.79 Å². The Kier molecular flexibility index (Phi) is 6.67. The lowest BCUT2D eigenvalue weighted by Gasteiger charge is -2.09. The van der Waals surface area contributed by atoms with E-state index >= 15 is 0 Å². The van der Waals surface area contributed by atoms with Crippen LogP contribution in [0, 0.1) is 0 Å². The van der Waals surface area contributed by atoms with E-state index in [1.807, 2.05) is 60.7 Å². The van der Waals surface area contributed by atoms with Crippen LogP contribution in [0.15, 0.2) is 77.5 Å². The summed E-state index contributed by atoms with van der Waals surface area (Å²) in [5.74, 6) is 0.203. The molecule has 0 bridgehead atoms. The molecular formula is C25H24N2O5. The predicted octanol–water partition coefficient (Wildman–Crippen LogP) is 4.05. The highest BCUT2D eigenvalue weighted by Crippen LogP contribution is 2.22. The number of rotatable bonds is 9. The summed E-state index contributed by atoms with van der Waals surface area (Å²) < 4.78 is 17.5. The summed E-state index contributed by atoms with van der Waals surface area (Å²) in [5.41, 5.74) is 3.24. The third-order valence-corrected chi connectivity index (χ3v) is 5.08. The number of para-hydroxylation sites is 1. The molecule has 7 heteroatoms. The molecule has 0 unspecified atom stereocenters. The molecule has 4 rings (SSSR count). The maximum absolute atomic E-state index is 12.6. The highest BCUT2D eigenvalue weighted by molar-refractivity contribution is 6.04. The van der Waals surface area contributed by atoms with Gasteiger partial charge < -0.3 is 23.8 Å². The molecule has 1 amide bonds. The van der Waals surface area contributed by atoms with Crippen molar-refractivity contribution in [3.05, 3.63) is 95.6 Å². The summed E-state index contributed by atoms with van der Waals surface area (Å²) >= 11 is 0. The molecule has 2 aromatic carbocycles. The van der Waals surface area contributed by atoms with Crippen LogP contribution >= 0.6 is 0 Å². The lowest BCUT2D eigenvalue weighted by atomic mass is 10.1. The number of fused-ring (bicyclic) bond motifs is 1. The van der Waals surface area contributed by atoms with Crippen LogP contribution < -0.4 is 5.32 Å². The number of hydrogen-bond donors (Lipinski definition) is 1. The van der Waals surface area contributed by atoms with E-state index in [0.29, 0.717) is 25.3 Å². The van der Waals surface area contributed by atoms with Gasteiger partial charge in [0.05, 0.1) is 25.5 Å².